The number of hydrogen-bond acceptors (Lipinski definition) is 6. The number of imide groups is 1. The minimum Gasteiger partial charge on any atom is -0.446 e. The highest BCUT2D eigenvalue weighted by Gasteiger charge is 2.55. The highest BCUT2D eigenvalue weighted by Crippen LogP contribution is 2.41. The van der Waals surface area contributed by atoms with Crippen LogP contribution < -0.4 is 0 Å². The Kier molecular flexibility index (Phi) is 4.89. The van der Waals surface area contributed by atoms with Crippen LogP contribution in [-0.4, -0.2) is 42.0 Å². The van der Waals surface area contributed by atoms with Gasteiger partial charge >= 0.3 is 6.09 Å². The molecule has 0 N–H and O–H groups in total. The van der Waals surface area contributed by atoms with Gasteiger partial charge < -0.3 is 14.2 Å². The zero-order chi connectivity index (χ0) is 16.5. The van der Waals surface area contributed by atoms with Gasteiger partial charge in [0, 0.05) is 12.0 Å². The van der Waals surface area contributed by atoms with Crippen LogP contribution in [0.1, 0.15) is 38.6 Å². The third kappa shape index (κ3) is 3.31. The van der Waals surface area contributed by atoms with Crippen LogP contribution in [0.15, 0.2) is 17.5 Å². The van der Waals surface area contributed by atoms with Crippen LogP contribution in [0.5, 0.6) is 0 Å². The summed E-state index contributed by atoms with van der Waals surface area (Å²) in [5, 5.41) is 1.89. The summed E-state index contributed by atoms with van der Waals surface area (Å²) in [5.41, 5.74) is 0. The minimum atomic E-state index is -0.913. The molecular formula is C15H21NO5S. The lowest BCUT2D eigenvalue weighted by Crippen LogP contribution is -2.63. The maximum Gasteiger partial charge on any atom is 0.417 e. The van der Waals surface area contributed by atoms with E-state index in [1.54, 1.807) is 27.7 Å². The van der Waals surface area contributed by atoms with Gasteiger partial charge in [0.1, 0.15) is 6.04 Å². The van der Waals surface area contributed by atoms with Gasteiger partial charge in [-0.1, -0.05) is 6.07 Å². The Balaban J connectivity index is 2.22. The van der Waals surface area contributed by atoms with E-state index in [9.17, 15) is 9.59 Å². The van der Waals surface area contributed by atoms with E-state index in [0.29, 0.717) is 0 Å². The van der Waals surface area contributed by atoms with Crippen LogP contribution in [-0.2, 0) is 19.0 Å². The standard InChI is InChI=1S/C15H21NO5S/c1-9(2)20-14(18)16-11(10-7-6-8-22-10)12(13(16)17)21-15(3,4)19-5/h6-9,11-12H,1-5H3/t11-,12+/m0/s1. The largest absolute Gasteiger partial charge is 0.446 e. The van der Waals surface area contributed by atoms with E-state index < -0.39 is 29.9 Å². The molecule has 0 spiro atoms. The molecule has 2 atom stereocenters. The Labute approximate surface area is 134 Å². The highest BCUT2D eigenvalue weighted by molar-refractivity contribution is 7.10. The molecule has 0 aliphatic carbocycles. The molecule has 2 amide bonds. The van der Waals surface area contributed by atoms with Crippen LogP contribution in [0.25, 0.3) is 0 Å². The van der Waals surface area contributed by atoms with E-state index in [1.165, 1.54) is 18.4 Å². The summed E-state index contributed by atoms with van der Waals surface area (Å²) in [5.74, 6) is -1.32. The molecule has 0 saturated carbocycles. The van der Waals surface area contributed by atoms with Crippen LogP contribution >= 0.6 is 11.3 Å². The van der Waals surface area contributed by atoms with Crippen molar-refractivity contribution in [1.29, 1.82) is 0 Å². The molecule has 1 fully saturated rings. The average molecular weight is 327 g/mol. The first-order valence-electron chi connectivity index (χ1n) is 7.07. The molecule has 0 unspecified atom stereocenters. The third-order valence-corrected chi connectivity index (χ3v) is 4.26. The molecule has 1 aliphatic heterocycles. The summed E-state index contributed by atoms with van der Waals surface area (Å²) in [6.07, 6.45) is -1.69. The van der Waals surface area contributed by atoms with Crippen molar-refractivity contribution < 1.29 is 23.8 Å². The number of β-lactam (4-membered cyclic amide) rings is 1. The molecule has 1 aromatic rings. The van der Waals surface area contributed by atoms with Crippen molar-refractivity contribution in [2.45, 2.75) is 51.7 Å². The maximum atomic E-state index is 12.3. The van der Waals surface area contributed by atoms with Crippen molar-refractivity contribution >= 4 is 23.3 Å². The summed E-state index contributed by atoms with van der Waals surface area (Å²) in [7, 11) is 1.51. The summed E-state index contributed by atoms with van der Waals surface area (Å²) < 4.78 is 16.1. The van der Waals surface area contributed by atoms with E-state index in [1.807, 2.05) is 17.5 Å². The monoisotopic (exact) mass is 327 g/mol. The fourth-order valence-corrected chi connectivity index (χ4v) is 2.97. The summed E-state index contributed by atoms with van der Waals surface area (Å²) in [4.78, 5) is 26.5. The van der Waals surface area contributed by atoms with E-state index in [-0.39, 0.29) is 6.10 Å². The average Bonchev–Trinajstić information content (AvgIpc) is 2.94. The maximum absolute atomic E-state index is 12.3. The number of carbonyl (C=O) groups is 2. The number of rotatable bonds is 5. The quantitative estimate of drug-likeness (QED) is 0.614. The Morgan fingerprint density at radius 1 is 1.41 bits per heavy atom. The summed E-state index contributed by atoms with van der Waals surface area (Å²) in [6.45, 7) is 6.93. The zero-order valence-electron chi connectivity index (χ0n) is 13.4. The molecule has 2 heterocycles. The van der Waals surface area contributed by atoms with Gasteiger partial charge in [-0.15, -0.1) is 11.3 Å². The second kappa shape index (κ2) is 6.36. The molecule has 6 nitrogen and oxygen atoms in total. The SMILES string of the molecule is COC(C)(C)O[C@H]1C(=O)N(C(=O)OC(C)C)[C@H]1c1cccs1. The number of hydrogen-bond donors (Lipinski definition) is 0. The Hall–Kier alpha value is -1.44. The lowest BCUT2D eigenvalue weighted by molar-refractivity contribution is -0.251. The minimum absolute atomic E-state index is 0.292. The van der Waals surface area contributed by atoms with Gasteiger partial charge in [0.25, 0.3) is 5.91 Å². The second-order valence-electron chi connectivity index (χ2n) is 5.74. The summed E-state index contributed by atoms with van der Waals surface area (Å²) >= 11 is 1.46. The van der Waals surface area contributed by atoms with Crippen molar-refractivity contribution in [3.63, 3.8) is 0 Å². The predicted molar refractivity (Wildman–Crippen MR) is 81.5 cm³/mol. The molecule has 122 valence electrons. The van der Waals surface area contributed by atoms with Crippen LogP contribution in [0, 0.1) is 0 Å². The molecule has 1 aliphatic rings. The zero-order valence-corrected chi connectivity index (χ0v) is 14.2. The number of thiophene rings is 1. The van der Waals surface area contributed by atoms with E-state index in [4.69, 9.17) is 14.2 Å². The first-order chi connectivity index (χ1) is 10.3. The van der Waals surface area contributed by atoms with Gasteiger partial charge in [0.2, 0.25) is 0 Å². The van der Waals surface area contributed by atoms with Gasteiger partial charge in [-0.05, 0) is 39.1 Å². The number of nitrogens with zero attached hydrogens (tertiary/aromatic N) is 1. The van der Waals surface area contributed by atoms with Gasteiger partial charge in [0.05, 0.1) is 6.10 Å². The number of methoxy groups -OCH3 is 1. The highest BCUT2D eigenvalue weighted by atomic mass is 32.1. The lowest BCUT2D eigenvalue weighted by atomic mass is 9.96. The molecule has 7 heteroatoms. The predicted octanol–water partition coefficient (Wildman–Crippen LogP) is 2.94. The van der Waals surface area contributed by atoms with Crippen molar-refractivity contribution in [3.8, 4) is 0 Å². The van der Waals surface area contributed by atoms with Gasteiger partial charge in [-0.25, -0.2) is 9.69 Å². The van der Waals surface area contributed by atoms with Gasteiger partial charge in [-0.2, -0.15) is 0 Å². The van der Waals surface area contributed by atoms with Crippen molar-refractivity contribution in [2.75, 3.05) is 7.11 Å². The van der Waals surface area contributed by atoms with Crippen LogP contribution in [0.3, 0.4) is 0 Å². The van der Waals surface area contributed by atoms with Gasteiger partial charge in [-0.3, -0.25) is 4.79 Å². The summed E-state index contributed by atoms with van der Waals surface area (Å²) in [6, 6.07) is 3.26. The molecule has 2 rings (SSSR count). The van der Waals surface area contributed by atoms with E-state index in [0.717, 1.165) is 9.78 Å². The molecule has 0 radical (unpaired) electrons. The molecule has 0 aromatic carbocycles. The van der Waals surface area contributed by atoms with E-state index >= 15 is 0 Å². The van der Waals surface area contributed by atoms with Crippen molar-refractivity contribution in [3.05, 3.63) is 22.4 Å². The van der Waals surface area contributed by atoms with E-state index in [2.05, 4.69) is 0 Å². The second-order valence-corrected chi connectivity index (χ2v) is 6.72. The number of carbonyl (C=O) groups excluding carboxylic acids is 2. The Bertz CT molecular complexity index is 540. The van der Waals surface area contributed by atoms with Crippen molar-refractivity contribution in [1.82, 2.24) is 4.90 Å². The molecule has 1 aromatic heterocycles. The van der Waals surface area contributed by atoms with Crippen LogP contribution in [0.4, 0.5) is 4.79 Å². The number of ether oxygens (including phenoxy) is 3. The molecule has 22 heavy (non-hydrogen) atoms. The topological polar surface area (TPSA) is 65.1 Å². The lowest BCUT2D eigenvalue weighted by Gasteiger charge is -2.46. The van der Waals surface area contributed by atoms with Crippen molar-refractivity contribution in [2.24, 2.45) is 0 Å². The normalized spacial score (nSPS) is 21.9. The van der Waals surface area contributed by atoms with Crippen LogP contribution in [0.2, 0.25) is 0 Å². The first-order valence-corrected chi connectivity index (χ1v) is 7.95. The Morgan fingerprint density at radius 3 is 2.59 bits per heavy atom. The number of likely N-dealkylation sites (tertiary alicyclic amines) is 1. The first kappa shape index (κ1) is 16.9. The molecular weight excluding hydrogens is 306 g/mol. The fraction of sp³-hybridized carbons (Fsp3) is 0.600. The number of amides is 2. The fourth-order valence-electron chi connectivity index (χ4n) is 2.13. The Morgan fingerprint density at radius 2 is 2.09 bits per heavy atom. The molecule has 1 saturated heterocycles. The smallest absolute Gasteiger partial charge is 0.417 e. The molecule has 0 bridgehead atoms. The third-order valence-electron chi connectivity index (χ3n) is 3.32. The van der Waals surface area contributed by atoms with Gasteiger partial charge in [0.15, 0.2) is 11.9 Å².